The van der Waals surface area contributed by atoms with Crippen LogP contribution in [0.5, 0.6) is 0 Å². The molecule has 0 spiro atoms. The molecule has 0 aromatic carbocycles. The van der Waals surface area contributed by atoms with E-state index in [2.05, 4.69) is 34.3 Å². The molecule has 3 rings (SSSR count). The highest BCUT2D eigenvalue weighted by molar-refractivity contribution is 5.47. The molecule has 20 heavy (non-hydrogen) atoms. The van der Waals surface area contributed by atoms with E-state index in [1.165, 1.54) is 63.6 Å². The van der Waals surface area contributed by atoms with Crippen molar-refractivity contribution in [2.45, 2.75) is 64.0 Å². The van der Waals surface area contributed by atoms with Crippen molar-refractivity contribution in [3.8, 4) is 0 Å². The van der Waals surface area contributed by atoms with Crippen LogP contribution in [-0.2, 0) is 0 Å². The number of likely N-dealkylation sites (tertiary alicyclic amines) is 1. The highest BCUT2D eigenvalue weighted by Crippen LogP contribution is 2.36. The molecule has 1 atom stereocenters. The fourth-order valence-corrected chi connectivity index (χ4v) is 3.36. The van der Waals surface area contributed by atoms with Crippen molar-refractivity contribution < 1.29 is 0 Å². The van der Waals surface area contributed by atoms with Crippen LogP contribution >= 0.6 is 0 Å². The molecule has 2 heterocycles. The normalized spacial score (nSPS) is 23.8. The third kappa shape index (κ3) is 2.98. The summed E-state index contributed by atoms with van der Waals surface area (Å²) in [6.07, 6.45) is 11.1. The van der Waals surface area contributed by atoms with Crippen LogP contribution in [0.1, 0.15) is 63.5 Å². The molecule has 0 amide bonds. The fraction of sp³-hybridized carbons (Fsp3) is 0.706. The fourth-order valence-electron chi connectivity index (χ4n) is 3.36. The number of nitrogens with zero attached hydrogens (tertiary/aromatic N) is 2. The zero-order valence-electron chi connectivity index (χ0n) is 12.6. The SMILES string of the molecule is CCCCN1CCCC1c1cccnc1NC1CCC1. The van der Waals surface area contributed by atoms with E-state index in [-0.39, 0.29) is 0 Å². The molecule has 2 fully saturated rings. The van der Waals surface area contributed by atoms with E-state index < -0.39 is 0 Å². The van der Waals surface area contributed by atoms with Gasteiger partial charge in [0.25, 0.3) is 0 Å². The summed E-state index contributed by atoms with van der Waals surface area (Å²) < 4.78 is 0. The Bertz CT molecular complexity index is 428. The van der Waals surface area contributed by atoms with Crippen LogP contribution in [-0.4, -0.2) is 29.0 Å². The summed E-state index contributed by atoms with van der Waals surface area (Å²) in [6.45, 7) is 4.76. The molecule has 2 aliphatic rings. The van der Waals surface area contributed by atoms with Crippen molar-refractivity contribution in [1.82, 2.24) is 9.88 Å². The van der Waals surface area contributed by atoms with Gasteiger partial charge in [0.05, 0.1) is 0 Å². The summed E-state index contributed by atoms with van der Waals surface area (Å²) in [5, 5.41) is 3.66. The highest BCUT2D eigenvalue weighted by atomic mass is 15.2. The summed E-state index contributed by atoms with van der Waals surface area (Å²) >= 11 is 0. The molecule has 3 heteroatoms. The molecule has 1 N–H and O–H groups in total. The van der Waals surface area contributed by atoms with E-state index in [9.17, 15) is 0 Å². The number of unbranched alkanes of at least 4 members (excludes halogenated alkanes) is 1. The van der Waals surface area contributed by atoms with Crippen molar-refractivity contribution in [2.75, 3.05) is 18.4 Å². The van der Waals surface area contributed by atoms with E-state index in [0.29, 0.717) is 12.1 Å². The zero-order valence-corrected chi connectivity index (χ0v) is 12.6. The first-order valence-electron chi connectivity index (χ1n) is 8.34. The van der Waals surface area contributed by atoms with Gasteiger partial charge in [0, 0.05) is 23.8 Å². The van der Waals surface area contributed by atoms with Gasteiger partial charge in [-0.25, -0.2) is 4.98 Å². The molecular weight excluding hydrogens is 246 g/mol. The van der Waals surface area contributed by atoms with Crippen LogP contribution in [0.25, 0.3) is 0 Å². The number of hydrogen-bond donors (Lipinski definition) is 1. The number of aromatic nitrogens is 1. The number of nitrogens with one attached hydrogen (secondary N) is 1. The molecule has 3 nitrogen and oxygen atoms in total. The molecule has 1 saturated heterocycles. The Labute approximate surface area is 122 Å². The lowest BCUT2D eigenvalue weighted by Gasteiger charge is -2.30. The Morgan fingerprint density at radius 2 is 2.20 bits per heavy atom. The summed E-state index contributed by atoms with van der Waals surface area (Å²) in [7, 11) is 0. The van der Waals surface area contributed by atoms with E-state index in [1.807, 2.05) is 6.20 Å². The summed E-state index contributed by atoms with van der Waals surface area (Å²) in [6, 6.07) is 5.62. The van der Waals surface area contributed by atoms with Crippen LogP contribution in [0.2, 0.25) is 0 Å². The monoisotopic (exact) mass is 273 g/mol. The molecule has 1 aliphatic carbocycles. The Morgan fingerprint density at radius 1 is 1.30 bits per heavy atom. The summed E-state index contributed by atoms with van der Waals surface area (Å²) in [4.78, 5) is 7.28. The first-order valence-corrected chi connectivity index (χ1v) is 8.34. The lowest BCUT2D eigenvalue weighted by atomic mass is 9.92. The van der Waals surface area contributed by atoms with Gasteiger partial charge in [0.2, 0.25) is 0 Å². The molecule has 1 saturated carbocycles. The topological polar surface area (TPSA) is 28.2 Å². The maximum Gasteiger partial charge on any atom is 0.130 e. The standard InChI is InChI=1S/C17H27N3/c1-2-3-12-20-13-6-10-16(20)15-9-5-11-18-17(15)19-14-7-4-8-14/h5,9,11,14,16H,2-4,6-8,10,12-13H2,1H3,(H,18,19). The second-order valence-corrected chi connectivity index (χ2v) is 6.26. The van der Waals surface area contributed by atoms with E-state index in [0.717, 1.165) is 5.82 Å². The maximum absolute atomic E-state index is 4.62. The Balaban J connectivity index is 1.74. The Kier molecular flexibility index (Phi) is 4.56. The molecule has 1 aromatic heterocycles. The summed E-state index contributed by atoms with van der Waals surface area (Å²) in [5.74, 6) is 1.14. The number of anilines is 1. The van der Waals surface area contributed by atoms with Gasteiger partial charge in [-0.2, -0.15) is 0 Å². The van der Waals surface area contributed by atoms with Gasteiger partial charge in [0.1, 0.15) is 5.82 Å². The van der Waals surface area contributed by atoms with Gasteiger partial charge in [-0.1, -0.05) is 19.4 Å². The van der Waals surface area contributed by atoms with Crippen molar-refractivity contribution in [3.05, 3.63) is 23.9 Å². The van der Waals surface area contributed by atoms with Gasteiger partial charge in [-0.3, -0.25) is 4.90 Å². The van der Waals surface area contributed by atoms with Crippen LogP contribution < -0.4 is 5.32 Å². The minimum Gasteiger partial charge on any atom is -0.367 e. The lowest BCUT2D eigenvalue weighted by Crippen LogP contribution is -2.30. The number of rotatable bonds is 6. The quantitative estimate of drug-likeness (QED) is 0.849. The van der Waals surface area contributed by atoms with Crippen LogP contribution in [0.3, 0.4) is 0 Å². The molecule has 1 aliphatic heterocycles. The largest absolute Gasteiger partial charge is 0.367 e. The van der Waals surface area contributed by atoms with Gasteiger partial charge in [-0.15, -0.1) is 0 Å². The number of pyridine rings is 1. The first-order chi connectivity index (χ1) is 9.88. The first kappa shape index (κ1) is 13.9. The smallest absolute Gasteiger partial charge is 0.130 e. The van der Waals surface area contributed by atoms with E-state index >= 15 is 0 Å². The van der Waals surface area contributed by atoms with Crippen molar-refractivity contribution >= 4 is 5.82 Å². The average Bonchev–Trinajstić information content (AvgIpc) is 2.89. The molecule has 1 aromatic rings. The molecule has 1 unspecified atom stereocenters. The third-order valence-electron chi connectivity index (χ3n) is 4.81. The van der Waals surface area contributed by atoms with Crippen molar-refractivity contribution in [1.29, 1.82) is 0 Å². The molecule has 0 bridgehead atoms. The second-order valence-electron chi connectivity index (χ2n) is 6.26. The number of hydrogen-bond acceptors (Lipinski definition) is 3. The van der Waals surface area contributed by atoms with Crippen molar-refractivity contribution in [2.24, 2.45) is 0 Å². The minimum atomic E-state index is 0.581. The molecule has 0 radical (unpaired) electrons. The predicted octanol–water partition coefficient (Wildman–Crippen LogP) is 3.98. The van der Waals surface area contributed by atoms with Crippen LogP contribution in [0.4, 0.5) is 5.82 Å². The van der Waals surface area contributed by atoms with Gasteiger partial charge in [0.15, 0.2) is 0 Å². The third-order valence-corrected chi connectivity index (χ3v) is 4.81. The van der Waals surface area contributed by atoms with Gasteiger partial charge >= 0.3 is 0 Å². The average molecular weight is 273 g/mol. The van der Waals surface area contributed by atoms with E-state index in [1.54, 1.807) is 0 Å². The highest BCUT2D eigenvalue weighted by Gasteiger charge is 2.28. The van der Waals surface area contributed by atoms with Crippen molar-refractivity contribution in [3.63, 3.8) is 0 Å². The lowest BCUT2D eigenvalue weighted by molar-refractivity contribution is 0.253. The minimum absolute atomic E-state index is 0.581. The van der Waals surface area contributed by atoms with Gasteiger partial charge < -0.3 is 5.32 Å². The van der Waals surface area contributed by atoms with Crippen LogP contribution in [0, 0.1) is 0 Å². The molecular formula is C17H27N3. The maximum atomic E-state index is 4.62. The van der Waals surface area contributed by atoms with E-state index in [4.69, 9.17) is 0 Å². The predicted molar refractivity (Wildman–Crippen MR) is 84.0 cm³/mol. The summed E-state index contributed by atoms with van der Waals surface area (Å²) in [5.41, 5.74) is 1.42. The molecule has 110 valence electrons. The second kappa shape index (κ2) is 6.57. The Morgan fingerprint density at radius 3 is 2.95 bits per heavy atom. The van der Waals surface area contributed by atoms with Crippen LogP contribution in [0.15, 0.2) is 18.3 Å². The Hall–Kier alpha value is -1.09. The van der Waals surface area contributed by atoms with Gasteiger partial charge in [-0.05, 0) is 57.7 Å². The zero-order chi connectivity index (χ0) is 13.8.